The summed E-state index contributed by atoms with van der Waals surface area (Å²) >= 11 is 0. The van der Waals surface area contributed by atoms with Crippen molar-refractivity contribution < 1.29 is 18.3 Å². The number of hydrogen-bond acceptors (Lipinski definition) is 3. The minimum absolute atomic E-state index is 0.135. The molecule has 0 atom stereocenters. The molecule has 33 heavy (non-hydrogen) atoms. The highest BCUT2D eigenvalue weighted by Gasteiger charge is 2.36. The Morgan fingerprint density at radius 1 is 1.12 bits per heavy atom. The lowest BCUT2D eigenvalue weighted by atomic mass is 9.88. The fraction of sp³-hybridized carbons (Fsp3) is 0.308. The third-order valence-corrected chi connectivity index (χ3v) is 6.13. The van der Waals surface area contributed by atoms with Gasteiger partial charge in [0, 0.05) is 24.4 Å². The number of rotatable bonds is 5. The molecule has 1 amide bonds. The number of benzene rings is 2. The number of methoxy groups -OCH3 is 1. The van der Waals surface area contributed by atoms with Crippen LogP contribution in [0.25, 0.3) is 11.8 Å². The van der Waals surface area contributed by atoms with E-state index >= 15 is 0 Å². The molecule has 0 saturated carbocycles. The second kappa shape index (κ2) is 8.81. The Bertz CT molecular complexity index is 1210. The average Bonchev–Trinajstić information content (AvgIpc) is 3.20. The summed E-state index contributed by atoms with van der Waals surface area (Å²) in [5, 5.41) is 0. The zero-order valence-corrected chi connectivity index (χ0v) is 19.2. The maximum absolute atomic E-state index is 13.8. The molecule has 2 heterocycles. The van der Waals surface area contributed by atoms with E-state index in [-0.39, 0.29) is 5.91 Å². The van der Waals surface area contributed by atoms with Crippen LogP contribution in [0.15, 0.2) is 54.5 Å². The Morgan fingerprint density at radius 2 is 1.85 bits per heavy atom. The lowest BCUT2D eigenvalue weighted by Gasteiger charge is -2.42. The lowest BCUT2D eigenvalue weighted by molar-refractivity contribution is -0.134. The van der Waals surface area contributed by atoms with Crippen molar-refractivity contribution in [3.05, 3.63) is 83.0 Å². The van der Waals surface area contributed by atoms with Crippen molar-refractivity contribution in [1.82, 2.24) is 14.5 Å². The predicted octanol–water partition coefficient (Wildman–Crippen LogP) is 5.41. The summed E-state index contributed by atoms with van der Waals surface area (Å²) in [6.07, 6.45) is 6.90. The largest absolute Gasteiger partial charge is 0.495 e. The van der Waals surface area contributed by atoms with Crippen molar-refractivity contribution in [2.75, 3.05) is 13.7 Å². The standard InChI is InChI=1S/C26H27F2N3O2/c1-17-15-30(16-29-17)23-8-7-18(11-24(23)33-4)10-19-6-5-9-31(25(19)32)26(2,3)20-12-21(27)14-22(28)13-20/h7-8,10-16H,5-6,9H2,1-4H3/b19-10-. The molecule has 1 aliphatic heterocycles. The van der Waals surface area contributed by atoms with Gasteiger partial charge in [0.25, 0.3) is 5.91 Å². The molecular weight excluding hydrogens is 424 g/mol. The molecule has 0 radical (unpaired) electrons. The number of amides is 1. The SMILES string of the molecule is COc1cc(/C=C2/CCCN(C(C)(C)c3cc(F)cc(F)c3)C2=O)ccc1-n1cnc(C)c1. The Labute approximate surface area is 192 Å². The van der Waals surface area contributed by atoms with Gasteiger partial charge in [-0.3, -0.25) is 4.79 Å². The number of halogens is 2. The minimum Gasteiger partial charge on any atom is -0.495 e. The van der Waals surface area contributed by atoms with Crippen LogP contribution in [-0.2, 0) is 10.3 Å². The highest BCUT2D eigenvalue weighted by Crippen LogP contribution is 2.34. The molecule has 7 heteroatoms. The normalized spacial score (nSPS) is 15.9. The number of aryl methyl sites for hydroxylation is 1. The second-order valence-corrected chi connectivity index (χ2v) is 8.80. The van der Waals surface area contributed by atoms with Gasteiger partial charge in [0.1, 0.15) is 17.4 Å². The number of hydrogen-bond donors (Lipinski definition) is 0. The smallest absolute Gasteiger partial charge is 0.250 e. The first-order chi connectivity index (χ1) is 15.7. The molecule has 4 rings (SSSR count). The van der Waals surface area contributed by atoms with Crippen LogP contribution in [0.4, 0.5) is 8.78 Å². The monoisotopic (exact) mass is 451 g/mol. The van der Waals surface area contributed by atoms with Crippen LogP contribution in [0.1, 0.15) is 43.5 Å². The van der Waals surface area contributed by atoms with Crippen LogP contribution in [-0.4, -0.2) is 34.0 Å². The van der Waals surface area contributed by atoms with Gasteiger partial charge in [-0.05, 0) is 75.1 Å². The van der Waals surface area contributed by atoms with Crippen LogP contribution >= 0.6 is 0 Å². The van der Waals surface area contributed by atoms with E-state index in [0.717, 1.165) is 29.4 Å². The van der Waals surface area contributed by atoms with Crippen molar-refractivity contribution in [3.8, 4) is 11.4 Å². The van der Waals surface area contributed by atoms with Gasteiger partial charge in [-0.1, -0.05) is 6.07 Å². The van der Waals surface area contributed by atoms with Gasteiger partial charge in [0.15, 0.2) is 0 Å². The fourth-order valence-electron chi connectivity index (χ4n) is 4.29. The molecule has 1 saturated heterocycles. The minimum atomic E-state index is -0.861. The van der Waals surface area contributed by atoms with Gasteiger partial charge in [-0.25, -0.2) is 13.8 Å². The Morgan fingerprint density at radius 3 is 2.48 bits per heavy atom. The molecule has 1 aromatic heterocycles. The maximum Gasteiger partial charge on any atom is 0.250 e. The van der Waals surface area contributed by atoms with Gasteiger partial charge >= 0.3 is 0 Å². The van der Waals surface area contributed by atoms with Gasteiger partial charge in [0.2, 0.25) is 0 Å². The summed E-state index contributed by atoms with van der Waals surface area (Å²) in [4.78, 5) is 19.3. The molecular formula is C26H27F2N3O2. The molecule has 0 spiro atoms. The zero-order chi connectivity index (χ0) is 23.8. The summed E-state index contributed by atoms with van der Waals surface area (Å²) in [5.41, 5.74) is 2.81. The number of carbonyl (C=O) groups excluding carboxylic acids is 1. The van der Waals surface area contributed by atoms with Gasteiger partial charge in [-0.15, -0.1) is 0 Å². The van der Waals surface area contributed by atoms with Crippen molar-refractivity contribution in [2.45, 2.75) is 39.2 Å². The number of carbonyl (C=O) groups is 1. The molecule has 1 aliphatic rings. The first-order valence-electron chi connectivity index (χ1n) is 10.9. The van der Waals surface area contributed by atoms with Crippen LogP contribution in [0.5, 0.6) is 5.75 Å². The number of ether oxygens (including phenoxy) is 1. The van der Waals surface area contributed by atoms with Gasteiger partial charge < -0.3 is 14.2 Å². The Balaban J connectivity index is 1.64. The fourth-order valence-corrected chi connectivity index (χ4v) is 4.29. The third kappa shape index (κ3) is 4.53. The van der Waals surface area contributed by atoms with Crippen LogP contribution in [0, 0.1) is 18.6 Å². The molecule has 0 N–H and O–H groups in total. The van der Waals surface area contributed by atoms with Crippen LogP contribution in [0.2, 0.25) is 0 Å². The molecule has 2 aromatic carbocycles. The predicted molar refractivity (Wildman–Crippen MR) is 123 cm³/mol. The van der Waals surface area contributed by atoms with Crippen molar-refractivity contribution >= 4 is 12.0 Å². The highest BCUT2D eigenvalue weighted by molar-refractivity contribution is 5.99. The van der Waals surface area contributed by atoms with Crippen molar-refractivity contribution in [3.63, 3.8) is 0 Å². The zero-order valence-electron chi connectivity index (χ0n) is 19.2. The van der Waals surface area contributed by atoms with Crippen LogP contribution < -0.4 is 4.74 Å². The highest BCUT2D eigenvalue weighted by atomic mass is 19.1. The van der Waals surface area contributed by atoms with Crippen molar-refractivity contribution in [2.24, 2.45) is 0 Å². The number of nitrogens with zero attached hydrogens (tertiary/aromatic N) is 3. The summed E-state index contributed by atoms with van der Waals surface area (Å²) in [5.74, 6) is -0.779. The molecule has 0 unspecified atom stereocenters. The molecule has 0 aliphatic carbocycles. The quantitative estimate of drug-likeness (QED) is 0.488. The molecule has 3 aromatic rings. The Kier molecular flexibility index (Phi) is 6.06. The van der Waals surface area contributed by atoms with Gasteiger partial charge in [-0.2, -0.15) is 0 Å². The van der Waals surface area contributed by atoms with E-state index in [1.54, 1.807) is 18.3 Å². The first-order valence-corrected chi connectivity index (χ1v) is 10.9. The molecule has 0 bridgehead atoms. The Hall–Kier alpha value is -3.48. The second-order valence-electron chi connectivity index (χ2n) is 8.80. The number of likely N-dealkylation sites (tertiary alicyclic amines) is 1. The summed E-state index contributed by atoms with van der Waals surface area (Å²) in [6.45, 7) is 6.06. The summed E-state index contributed by atoms with van der Waals surface area (Å²) in [6, 6.07) is 9.16. The first kappa shape index (κ1) is 22.7. The third-order valence-electron chi connectivity index (χ3n) is 6.13. The topological polar surface area (TPSA) is 47.4 Å². The van der Waals surface area contributed by atoms with E-state index in [0.29, 0.717) is 29.9 Å². The molecule has 172 valence electrons. The van der Waals surface area contributed by atoms with Gasteiger partial charge in [0.05, 0.1) is 30.4 Å². The van der Waals surface area contributed by atoms with E-state index in [4.69, 9.17) is 4.74 Å². The van der Waals surface area contributed by atoms with E-state index in [1.165, 1.54) is 12.1 Å². The van der Waals surface area contributed by atoms with Crippen molar-refractivity contribution in [1.29, 1.82) is 0 Å². The van der Waals surface area contributed by atoms with Crippen LogP contribution in [0.3, 0.4) is 0 Å². The number of imidazole rings is 1. The molecule has 5 nitrogen and oxygen atoms in total. The summed E-state index contributed by atoms with van der Waals surface area (Å²) in [7, 11) is 1.60. The van der Waals surface area contributed by atoms with E-state index < -0.39 is 17.2 Å². The molecule has 1 fully saturated rings. The van der Waals surface area contributed by atoms with E-state index in [1.807, 2.05) is 55.8 Å². The maximum atomic E-state index is 13.8. The average molecular weight is 452 g/mol. The number of aromatic nitrogens is 2. The summed E-state index contributed by atoms with van der Waals surface area (Å²) < 4.78 is 35.2. The van der Waals surface area contributed by atoms with E-state index in [2.05, 4.69) is 4.98 Å². The van der Waals surface area contributed by atoms with E-state index in [9.17, 15) is 13.6 Å². The number of piperidine rings is 1. The lowest BCUT2D eigenvalue weighted by Crippen LogP contribution is -2.48.